The van der Waals surface area contributed by atoms with E-state index >= 15 is 0 Å². The van der Waals surface area contributed by atoms with Gasteiger partial charge in [-0.3, -0.25) is 9.69 Å². The van der Waals surface area contributed by atoms with Gasteiger partial charge in [0.15, 0.2) is 0 Å². The lowest BCUT2D eigenvalue weighted by Crippen LogP contribution is -2.54. The molecule has 4 rings (SSSR count). The van der Waals surface area contributed by atoms with Crippen molar-refractivity contribution in [1.82, 2.24) is 15.1 Å². The van der Waals surface area contributed by atoms with E-state index in [1.54, 1.807) is 23.5 Å². The number of halogens is 1. The Hall–Kier alpha value is -1.76. The first-order chi connectivity index (χ1) is 13.1. The van der Waals surface area contributed by atoms with Crippen molar-refractivity contribution in [3.05, 3.63) is 47.1 Å². The molecule has 2 aromatic rings. The molecule has 1 aromatic carbocycles. The van der Waals surface area contributed by atoms with E-state index in [0.29, 0.717) is 11.8 Å². The number of rotatable bonds is 5. The lowest BCUT2D eigenvalue weighted by Gasteiger charge is -2.39. The lowest BCUT2D eigenvalue weighted by atomic mass is 9.88. The number of carbonyl (C=O) groups is 1. The third kappa shape index (κ3) is 4.23. The highest BCUT2D eigenvalue weighted by molar-refractivity contribution is 7.15. The van der Waals surface area contributed by atoms with Gasteiger partial charge in [-0.25, -0.2) is 4.39 Å². The van der Waals surface area contributed by atoms with Crippen LogP contribution in [0.5, 0.6) is 0 Å². The van der Waals surface area contributed by atoms with Crippen LogP contribution >= 0.6 is 11.3 Å². The number of nitrogens with one attached hydrogen (secondary N) is 1. The Labute approximate surface area is 164 Å². The first kappa shape index (κ1) is 18.6. The van der Waals surface area contributed by atoms with Crippen LogP contribution in [0.3, 0.4) is 0 Å². The van der Waals surface area contributed by atoms with E-state index in [2.05, 4.69) is 29.3 Å². The van der Waals surface area contributed by atoms with E-state index in [0.717, 1.165) is 56.3 Å². The maximum absolute atomic E-state index is 13.4. The molecule has 1 N–H and O–H groups in total. The number of hydrogen-bond donors (Lipinski definition) is 1. The van der Waals surface area contributed by atoms with Crippen LogP contribution in [-0.4, -0.2) is 55.0 Å². The molecule has 3 heterocycles. The molecule has 27 heavy (non-hydrogen) atoms. The molecule has 0 aliphatic carbocycles. The predicted octanol–water partition coefficient (Wildman–Crippen LogP) is 3.05. The fourth-order valence-electron chi connectivity index (χ4n) is 3.76. The molecule has 2 aliphatic heterocycles. The largest absolute Gasteiger partial charge is 0.340 e. The van der Waals surface area contributed by atoms with Gasteiger partial charge in [0.2, 0.25) is 5.91 Å². The van der Waals surface area contributed by atoms with Crippen LogP contribution in [-0.2, 0) is 11.3 Å². The quantitative estimate of drug-likeness (QED) is 0.857. The molecule has 0 saturated carbocycles. The number of amides is 1. The Morgan fingerprint density at radius 1 is 1.22 bits per heavy atom. The van der Waals surface area contributed by atoms with Gasteiger partial charge >= 0.3 is 0 Å². The molecule has 1 aromatic heterocycles. The highest BCUT2D eigenvalue weighted by Gasteiger charge is 2.32. The van der Waals surface area contributed by atoms with Crippen LogP contribution < -0.4 is 5.32 Å². The molecule has 1 amide bonds. The summed E-state index contributed by atoms with van der Waals surface area (Å²) >= 11 is 1.72. The maximum Gasteiger partial charge on any atom is 0.225 e. The molecule has 1 atom stereocenters. The summed E-state index contributed by atoms with van der Waals surface area (Å²) in [6.45, 7) is 8.35. The van der Waals surface area contributed by atoms with Crippen molar-refractivity contribution < 1.29 is 9.18 Å². The Bertz CT molecular complexity index is 796. The van der Waals surface area contributed by atoms with Gasteiger partial charge in [-0.2, -0.15) is 0 Å². The zero-order valence-electron chi connectivity index (χ0n) is 15.7. The lowest BCUT2D eigenvalue weighted by molar-refractivity contribution is -0.139. The van der Waals surface area contributed by atoms with Gasteiger partial charge < -0.3 is 10.2 Å². The topological polar surface area (TPSA) is 35.6 Å². The van der Waals surface area contributed by atoms with E-state index in [1.807, 2.05) is 11.0 Å². The first-order valence-corrected chi connectivity index (χ1v) is 10.5. The molecule has 6 heteroatoms. The van der Waals surface area contributed by atoms with Crippen molar-refractivity contribution in [2.24, 2.45) is 11.8 Å². The summed E-state index contributed by atoms with van der Waals surface area (Å²) < 4.78 is 13.4. The fraction of sp³-hybridized carbons (Fsp3) is 0.476. The zero-order chi connectivity index (χ0) is 18.8. The van der Waals surface area contributed by atoms with Gasteiger partial charge in [-0.15, -0.1) is 11.3 Å². The summed E-state index contributed by atoms with van der Waals surface area (Å²) in [5.74, 6) is 0.743. The standard InChI is InChI=1S/C21H26FN3OS/c1-15(17-12-23-13-17)21(26)25-9-7-24(8-10-25)14-19-5-6-20(27-19)16-3-2-4-18(22)11-16/h2-6,11,15,17,23H,7-10,12-14H2,1H3. The molecular formula is C21H26FN3OS. The molecule has 2 aliphatic rings. The Morgan fingerprint density at radius 2 is 2.00 bits per heavy atom. The molecule has 144 valence electrons. The average Bonchev–Trinajstić information content (AvgIpc) is 3.09. The van der Waals surface area contributed by atoms with Crippen LogP contribution in [0.4, 0.5) is 4.39 Å². The van der Waals surface area contributed by atoms with E-state index in [-0.39, 0.29) is 11.7 Å². The van der Waals surface area contributed by atoms with Gasteiger partial charge in [-0.05, 0) is 48.8 Å². The van der Waals surface area contributed by atoms with E-state index in [1.165, 1.54) is 10.9 Å². The molecule has 1 unspecified atom stereocenters. The minimum atomic E-state index is -0.199. The molecule has 2 fully saturated rings. The minimum absolute atomic E-state index is 0.129. The molecule has 0 spiro atoms. The molecule has 0 bridgehead atoms. The third-order valence-electron chi connectivity index (χ3n) is 5.74. The van der Waals surface area contributed by atoms with Gasteiger partial charge in [0.05, 0.1) is 0 Å². The molecule has 0 radical (unpaired) electrons. The maximum atomic E-state index is 13.4. The normalized spacial score (nSPS) is 19.7. The van der Waals surface area contributed by atoms with Crippen LogP contribution in [0.25, 0.3) is 10.4 Å². The summed E-state index contributed by atoms with van der Waals surface area (Å²) in [7, 11) is 0. The SMILES string of the molecule is CC(C(=O)N1CCN(Cc2ccc(-c3cccc(F)c3)s2)CC1)C1CNC1. The van der Waals surface area contributed by atoms with Crippen molar-refractivity contribution in [3.63, 3.8) is 0 Å². The second kappa shape index (κ2) is 8.09. The minimum Gasteiger partial charge on any atom is -0.340 e. The first-order valence-electron chi connectivity index (χ1n) is 9.66. The van der Waals surface area contributed by atoms with Crippen molar-refractivity contribution in [1.29, 1.82) is 0 Å². The van der Waals surface area contributed by atoms with Crippen molar-refractivity contribution >= 4 is 17.2 Å². The zero-order valence-corrected chi connectivity index (χ0v) is 16.5. The summed E-state index contributed by atoms with van der Waals surface area (Å²) in [4.78, 5) is 19.5. The smallest absolute Gasteiger partial charge is 0.225 e. The highest BCUT2D eigenvalue weighted by Crippen LogP contribution is 2.29. The third-order valence-corrected chi connectivity index (χ3v) is 6.86. The van der Waals surface area contributed by atoms with Crippen LogP contribution in [0.2, 0.25) is 0 Å². The fourth-order valence-corrected chi connectivity index (χ4v) is 4.81. The second-order valence-corrected chi connectivity index (χ2v) is 8.75. The monoisotopic (exact) mass is 387 g/mol. The molecular weight excluding hydrogens is 361 g/mol. The number of thiophene rings is 1. The van der Waals surface area contributed by atoms with Crippen molar-refractivity contribution in [2.75, 3.05) is 39.3 Å². The number of nitrogens with zero attached hydrogens (tertiary/aromatic N) is 2. The number of hydrogen-bond acceptors (Lipinski definition) is 4. The van der Waals surface area contributed by atoms with Crippen molar-refractivity contribution in [2.45, 2.75) is 13.5 Å². The van der Waals surface area contributed by atoms with Crippen LogP contribution in [0.1, 0.15) is 11.8 Å². The van der Waals surface area contributed by atoms with E-state index < -0.39 is 0 Å². The summed E-state index contributed by atoms with van der Waals surface area (Å²) in [5.41, 5.74) is 0.932. The molecule has 4 nitrogen and oxygen atoms in total. The van der Waals surface area contributed by atoms with E-state index in [4.69, 9.17) is 0 Å². The summed E-state index contributed by atoms with van der Waals surface area (Å²) in [5, 5.41) is 3.25. The second-order valence-electron chi connectivity index (χ2n) is 7.58. The van der Waals surface area contributed by atoms with Crippen LogP contribution in [0, 0.1) is 17.7 Å². The predicted molar refractivity (Wildman–Crippen MR) is 107 cm³/mol. The van der Waals surface area contributed by atoms with Crippen LogP contribution in [0.15, 0.2) is 36.4 Å². The van der Waals surface area contributed by atoms with Crippen molar-refractivity contribution in [3.8, 4) is 10.4 Å². The summed E-state index contributed by atoms with van der Waals surface area (Å²) in [6, 6.07) is 11.0. The van der Waals surface area contributed by atoms with Gasteiger partial charge in [-0.1, -0.05) is 19.1 Å². The Kier molecular flexibility index (Phi) is 5.57. The number of benzene rings is 1. The summed E-state index contributed by atoms with van der Waals surface area (Å²) in [6.07, 6.45) is 0. The number of carbonyl (C=O) groups excluding carboxylic acids is 1. The molecule has 2 saturated heterocycles. The van der Waals surface area contributed by atoms with E-state index in [9.17, 15) is 9.18 Å². The highest BCUT2D eigenvalue weighted by atomic mass is 32.1. The number of piperazine rings is 1. The van der Waals surface area contributed by atoms with Gasteiger partial charge in [0.25, 0.3) is 0 Å². The van der Waals surface area contributed by atoms with Gasteiger partial charge in [0, 0.05) is 48.4 Å². The Morgan fingerprint density at radius 3 is 2.67 bits per heavy atom. The Balaban J connectivity index is 1.30. The average molecular weight is 388 g/mol. The van der Waals surface area contributed by atoms with Gasteiger partial charge in [0.1, 0.15) is 5.82 Å².